The highest BCUT2D eigenvalue weighted by Gasteiger charge is 2.39. The van der Waals surface area contributed by atoms with Gasteiger partial charge in [-0.2, -0.15) is 0 Å². The highest BCUT2D eigenvalue weighted by atomic mass is 16.5. The Hall–Kier alpha value is -0.120. The van der Waals surface area contributed by atoms with Crippen LogP contribution in [0.15, 0.2) is 0 Å². The predicted octanol–water partition coefficient (Wildman–Crippen LogP) is 1.22. The van der Waals surface area contributed by atoms with Crippen molar-refractivity contribution in [2.24, 2.45) is 5.73 Å². The lowest BCUT2D eigenvalue weighted by molar-refractivity contribution is 0.0213. The van der Waals surface area contributed by atoms with Crippen molar-refractivity contribution in [2.75, 3.05) is 26.8 Å². The summed E-state index contributed by atoms with van der Waals surface area (Å²) < 4.78 is 5.28. The molecule has 1 fully saturated rings. The third kappa shape index (κ3) is 2.69. The second-order valence-electron chi connectivity index (χ2n) is 4.56. The number of hydrogen-bond acceptors (Lipinski definition) is 3. The molecule has 0 radical (unpaired) electrons. The van der Waals surface area contributed by atoms with Crippen molar-refractivity contribution in [3.05, 3.63) is 0 Å². The SMILES string of the molecule is CCCN(C1CC1)C(C)(CN)COC. The molecule has 3 heteroatoms. The molecular weight excluding hydrogens is 176 g/mol. The van der Waals surface area contributed by atoms with E-state index in [1.807, 2.05) is 0 Å². The Morgan fingerprint density at radius 2 is 2.14 bits per heavy atom. The number of hydrogen-bond donors (Lipinski definition) is 1. The smallest absolute Gasteiger partial charge is 0.0656 e. The average molecular weight is 200 g/mol. The minimum absolute atomic E-state index is 0.0337. The first kappa shape index (κ1) is 12.0. The molecule has 14 heavy (non-hydrogen) atoms. The van der Waals surface area contributed by atoms with Gasteiger partial charge in [0.15, 0.2) is 0 Å². The lowest BCUT2D eigenvalue weighted by Crippen LogP contribution is -2.55. The molecule has 0 heterocycles. The number of nitrogens with two attached hydrogens (primary N) is 1. The standard InChI is InChI=1S/C11H24N2O/c1-4-7-13(10-5-6-10)11(2,8-12)9-14-3/h10H,4-9,12H2,1-3H3. The molecule has 0 aromatic rings. The number of methoxy groups -OCH3 is 1. The molecule has 1 rings (SSSR count). The maximum absolute atomic E-state index is 5.87. The number of rotatable bonds is 7. The molecule has 1 atom stereocenters. The van der Waals surface area contributed by atoms with Gasteiger partial charge in [0.2, 0.25) is 0 Å². The quantitative estimate of drug-likeness (QED) is 0.671. The summed E-state index contributed by atoms with van der Waals surface area (Å²) in [6, 6.07) is 0.763. The lowest BCUT2D eigenvalue weighted by atomic mass is 10.0. The first-order chi connectivity index (χ1) is 6.68. The van der Waals surface area contributed by atoms with E-state index in [-0.39, 0.29) is 5.54 Å². The van der Waals surface area contributed by atoms with Gasteiger partial charge in [-0.3, -0.25) is 4.90 Å². The van der Waals surface area contributed by atoms with Crippen LogP contribution in [0.25, 0.3) is 0 Å². The highest BCUT2D eigenvalue weighted by Crippen LogP contribution is 2.32. The molecule has 0 aliphatic heterocycles. The zero-order chi connectivity index (χ0) is 10.6. The largest absolute Gasteiger partial charge is 0.383 e. The zero-order valence-electron chi connectivity index (χ0n) is 9.75. The summed E-state index contributed by atoms with van der Waals surface area (Å²) >= 11 is 0. The lowest BCUT2D eigenvalue weighted by Gasteiger charge is -2.40. The summed E-state index contributed by atoms with van der Waals surface area (Å²) in [6.45, 7) is 6.99. The van der Waals surface area contributed by atoms with Crippen LogP contribution in [0.2, 0.25) is 0 Å². The molecule has 84 valence electrons. The molecule has 1 aliphatic carbocycles. The van der Waals surface area contributed by atoms with E-state index in [0.717, 1.165) is 19.2 Å². The van der Waals surface area contributed by atoms with Crippen molar-refractivity contribution in [2.45, 2.75) is 44.7 Å². The second kappa shape index (κ2) is 5.10. The Bertz CT molecular complexity index is 171. The van der Waals surface area contributed by atoms with Crippen LogP contribution >= 0.6 is 0 Å². The maximum Gasteiger partial charge on any atom is 0.0656 e. The summed E-state index contributed by atoms with van der Waals surface area (Å²) in [4.78, 5) is 2.54. The molecule has 2 N–H and O–H groups in total. The van der Waals surface area contributed by atoms with Gasteiger partial charge in [-0.25, -0.2) is 0 Å². The van der Waals surface area contributed by atoms with E-state index in [1.165, 1.54) is 19.3 Å². The van der Waals surface area contributed by atoms with E-state index in [9.17, 15) is 0 Å². The Morgan fingerprint density at radius 1 is 1.50 bits per heavy atom. The van der Waals surface area contributed by atoms with Crippen LogP contribution in [0.4, 0.5) is 0 Å². The molecule has 0 spiro atoms. The second-order valence-corrected chi connectivity index (χ2v) is 4.56. The van der Waals surface area contributed by atoms with Crippen molar-refractivity contribution >= 4 is 0 Å². The summed E-state index contributed by atoms with van der Waals surface area (Å²) in [7, 11) is 1.75. The van der Waals surface area contributed by atoms with Gasteiger partial charge in [0.05, 0.1) is 12.1 Å². The van der Waals surface area contributed by atoms with Crippen LogP contribution < -0.4 is 5.73 Å². The van der Waals surface area contributed by atoms with Crippen molar-refractivity contribution in [3.8, 4) is 0 Å². The Labute approximate surface area is 87.6 Å². The topological polar surface area (TPSA) is 38.5 Å². The minimum Gasteiger partial charge on any atom is -0.383 e. The fourth-order valence-corrected chi connectivity index (χ4v) is 2.09. The fraction of sp³-hybridized carbons (Fsp3) is 1.00. The summed E-state index contributed by atoms with van der Waals surface area (Å²) in [5.41, 5.74) is 5.90. The van der Waals surface area contributed by atoms with Crippen molar-refractivity contribution < 1.29 is 4.74 Å². The third-order valence-corrected chi connectivity index (χ3v) is 3.04. The molecule has 0 amide bonds. The summed E-state index contributed by atoms with van der Waals surface area (Å²) in [6.07, 6.45) is 3.86. The molecule has 0 aromatic carbocycles. The Morgan fingerprint density at radius 3 is 2.50 bits per heavy atom. The Kier molecular flexibility index (Phi) is 4.35. The van der Waals surface area contributed by atoms with Crippen LogP contribution in [0.5, 0.6) is 0 Å². The molecule has 0 saturated heterocycles. The highest BCUT2D eigenvalue weighted by molar-refractivity contribution is 4.96. The van der Waals surface area contributed by atoms with Crippen LogP contribution in [0, 0.1) is 0 Å². The summed E-state index contributed by atoms with van der Waals surface area (Å²) in [5, 5.41) is 0. The van der Waals surface area contributed by atoms with Gasteiger partial charge in [0.1, 0.15) is 0 Å². The van der Waals surface area contributed by atoms with Gasteiger partial charge < -0.3 is 10.5 Å². The van der Waals surface area contributed by atoms with E-state index < -0.39 is 0 Å². The van der Waals surface area contributed by atoms with Gasteiger partial charge in [0.25, 0.3) is 0 Å². The molecular formula is C11H24N2O. The van der Waals surface area contributed by atoms with Gasteiger partial charge in [-0.1, -0.05) is 6.92 Å². The molecule has 1 saturated carbocycles. The first-order valence-corrected chi connectivity index (χ1v) is 5.63. The van der Waals surface area contributed by atoms with Gasteiger partial charge in [-0.15, -0.1) is 0 Å². The van der Waals surface area contributed by atoms with E-state index in [1.54, 1.807) is 7.11 Å². The minimum atomic E-state index is 0.0337. The van der Waals surface area contributed by atoms with E-state index in [2.05, 4.69) is 18.7 Å². The van der Waals surface area contributed by atoms with Crippen LogP contribution in [-0.2, 0) is 4.74 Å². The molecule has 0 bridgehead atoms. The van der Waals surface area contributed by atoms with Crippen LogP contribution in [0.3, 0.4) is 0 Å². The average Bonchev–Trinajstić information content (AvgIpc) is 2.98. The third-order valence-electron chi connectivity index (χ3n) is 3.04. The molecule has 1 unspecified atom stereocenters. The fourth-order valence-electron chi connectivity index (χ4n) is 2.09. The molecule has 0 aromatic heterocycles. The van der Waals surface area contributed by atoms with Crippen molar-refractivity contribution in [1.82, 2.24) is 4.90 Å². The first-order valence-electron chi connectivity index (χ1n) is 5.63. The normalized spacial score (nSPS) is 21.2. The Balaban J connectivity index is 2.60. The van der Waals surface area contributed by atoms with Crippen molar-refractivity contribution in [1.29, 1.82) is 0 Å². The molecule has 3 nitrogen and oxygen atoms in total. The van der Waals surface area contributed by atoms with Gasteiger partial charge >= 0.3 is 0 Å². The number of ether oxygens (including phenoxy) is 1. The van der Waals surface area contributed by atoms with E-state index in [0.29, 0.717) is 6.54 Å². The summed E-state index contributed by atoms with van der Waals surface area (Å²) in [5.74, 6) is 0. The predicted molar refractivity (Wildman–Crippen MR) is 59.4 cm³/mol. The van der Waals surface area contributed by atoms with Crippen LogP contribution in [-0.4, -0.2) is 43.3 Å². The van der Waals surface area contributed by atoms with Gasteiger partial charge in [0, 0.05) is 19.7 Å². The zero-order valence-corrected chi connectivity index (χ0v) is 9.75. The van der Waals surface area contributed by atoms with Gasteiger partial charge in [-0.05, 0) is 32.7 Å². The van der Waals surface area contributed by atoms with Crippen LogP contribution in [0.1, 0.15) is 33.1 Å². The maximum atomic E-state index is 5.87. The number of nitrogens with zero attached hydrogens (tertiary/aromatic N) is 1. The van der Waals surface area contributed by atoms with E-state index in [4.69, 9.17) is 10.5 Å². The molecule has 1 aliphatic rings. The van der Waals surface area contributed by atoms with E-state index >= 15 is 0 Å². The monoisotopic (exact) mass is 200 g/mol. The van der Waals surface area contributed by atoms with Crippen molar-refractivity contribution in [3.63, 3.8) is 0 Å².